The number of amides is 2. The van der Waals surface area contributed by atoms with Crippen LogP contribution in [-0.2, 0) is 9.59 Å². The largest absolute Gasteiger partial charge is 0.344 e. The van der Waals surface area contributed by atoms with Gasteiger partial charge in [0.15, 0.2) is 5.13 Å². The Labute approximate surface area is 121 Å². The minimum atomic E-state index is -0.496. The van der Waals surface area contributed by atoms with Crippen LogP contribution in [0.4, 0.5) is 5.13 Å². The van der Waals surface area contributed by atoms with E-state index in [0.29, 0.717) is 18.0 Å². The molecule has 0 spiro atoms. The molecule has 0 aliphatic carbocycles. The number of carbonyl (C=O) groups excluding carboxylic acids is 2. The van der Waals surface area contributed by atoms with Gasteiger partial charge in [0.05, 0.1) is 0 Å². The highest BCUT2D eigenvalue weighted by molar-refractivity contribution is 7.98. The van der Waals surface area contributed by atoms with Gasteiger partial charge in [0.1, 0.15) is 6.04 Å². The van der Waals surface area contributed by atoms with Gasteiger partial charge in [-0.05, 0) is 25.4 Å². The number of aryl methyl sites for hydroxylation is 1. The molecular formula is C12H19N3O2S2. The third-order valence-electron chi connectivity index (χ3n) is 2.43. The van der Waals surface area contributed by atoms with Gasteiger partial charge in [-0.25, -0.2) is 4.98 Å². The number of rotatable bonds is 7. The second kappa shape index (κ2) is 8.16. The van der Waals surface area contributed by atoms with Crippen LogP contribution in [0.15, 0.2) is 6.20 Å². The van der Waals surface area contributed by atoms with Crippen LogP contribution in [0.1, 0.15) is 24.6 Å². The maximum atomic E-state index is 12.1. The summed E-state index contributed by atoms with van der Waals surface area (Å²) in [6, 6.07) is -0.496. The van der Waals surface area contributed by atoms with Crippen molar-refractivity contribution in [2.45, 2.75) is 32.7 Å². The summed E-state index contributed by atoms with van der Waals surface area (Å²) in [6.45, 7) is 3.69. The molecular weight excluding hydrogens is 282 g/mol. The molecule has 1 aromatic rings. The minimum absolute atomic E-state index is 0.114. The number of hydrogen-bond donors (Lipinski definition) is 2. The van der Waals surface area contributed by atoms with Crippen molar-refractivity contribution < 1.29 is 9.59 Å². The zero-order chi connectivity index (χ0) is 14.3. The van der Waals surface area contributed by atoms with E-state index in [4.69, 9.17) is 0 Å². The van der Waals surface area contributed by atoms with Crippen molar-refractivity contribution in [2.75, 3.05) is 17.3 Å². The van der Waals surface area contributed by atoms with Crippen LogP contribution < -0.4 is 10.6 Å². The summed E-state index contributed by atoms with van der Waals surface area (Å²) in [5.74, 6) is 0.501. The van der Waals surface area contributed by atoms with Crippen LogP contribution in [0.2, 0.25) is 0 Å². The molecule has 0 aliphatic rings. The van der Waals surface area contributed by atoms with E-state index in [9.17, 15) is 9.59 Å². The van der Waals surface area contributed by atoms with Gasteiger partial charge in [-0.3, -0.25) is 9.59 Å². The average molecular weight is 301 g/mol. The Hall–Kier alpha value is -1.08. The van der Waals surface area contributed by atoms with Crippen molar-refractivity contribution in [3.8, 4) is 0 Å². The van der Waals surface area contributed by atoms with Gasteiger partial charge in [-0.1, -0.05) is 6.92 Å². The van der Waals surface area contributed by atoms with E-state index in [-0.39, 0.29) is 11.8 Å². The zero-order valence-electron chi connectivity index (χ0n) is 11.4. The number of nitrogens with zero attached hydrogens (tertiary/aromatic N) is 1. The first-order valence-electron chi connectivity index (χ1n) is 6.08. The summed E-state index contributed by atoms with van der Waals surface area (Å²) >= 11 is 3.07. The average Bonchev–Trinajstić information content (AvgIpc) is 2.79. The fourth-order valence-corrected chi connectivity index (χ4v) is 2.54. The predicted molar refractivity (Wildman–Crippen MR) is 80.7 cm³/mol. The lowest BCUT2D eigenvalue weighted by atomic mass is 10.2. The SMILES string of the molecule is CCC(=O)NC(CCSC)C(=O)Nc1ncc(C)s1. The molecule has 0 aromatic carbocycles. The molecule has 1 aromatic heterocycles. The second-order valence-electron chi connectivity index (χ2n) is 4.02. The fourth-order valence-electron chi connectivity index (χ4n) is 1.41. The number of thiazole rings is 1. The number of nitrogens with one attached hydrogen (secondary N) is 2. The van der Waals surface area contributed by atoms with Gasteiger partial charge in [0.2, 0.25) is 11.8 Å². The van der Waals surface area contributed by atoms with Crippen LogP contribution in [0.5, 0.6) is 0 Å². The van der Waals surface area contributed by atoms with Crippen molar-refractivity contribution >= 4 is 40.0 Å². The fraction of sp³-hybridized carbons (Fsp3) is 0.583. The Kier molecular flexibility index (Phi) is 6.86. The van der Waals surface area contributed by atoms with Crippen molar-refractivity contribution in [1.82, 2.24) is 10.3 Å². The Morgan fingerprint density at radius 1 is 1.53 bits per heavy atom. The number of hydrogen-bond acceptors (Lipinski definition) is 5. The molecule has 0 saturated carbocycles. The lowest BCUT2D eigenvalue weighted by Gasteiger charge is -2.16. The second-order valence-corrected chi connectivity index (χ2v) is 6.24. The lowest BCUT2D eigenvalue weighted by Crippen LogP contribution is -2.43. The van der Waals surface area contributed by atoms with Crippen molar-refractivity contribution in [1.29, 1.82) is 0 Å². The molecule has 2 N–H and O–H groups in total. The molecule has 0 radical (unpaired) electrons. The first kappa shape index (κ1) is 16.0. The van der Waals surface area contributed by atoms with E-state index in [1.807, 2.05) is 13.2 Å². The molecule has 1 heterocycles. The summed E-state index contributed by atoms with van der Waals surface area (Å²) in [7, 11) is 0. The number of anilines is 1. The van der Waals surface area contributed by atoms with Crippen molar-refractivity contribution in [3.05, 3.63) is 11.1 Å². The monoisotopic (exact) mass is 301 g/mol. The molecule has 7 heteroatoms. The molecule has 1 unspecified atom stereocenters. The van der Waals surface area contributed by atoms with Gasteiger partial charge in [0.25, 0.3) is 0 Å². The summed E-state index contributed by atoms with van der Waals surface area (Å²) in [4.78, 5) is 28.7. The van der Waals surface area contributed by atoms with Crippen molar-refractivity contribution in [2.24, 2.45) is 0 Å². The molecule has 5 nitrogen and oxygen atoms in total. The molecule has 19 heavy (non-hydrogen) atoms. The van der Waals surface area contributed by atoms with Crippen LogP contribution in [0, 0.1) is 6.92 Å². The normalized spacial score (nSPS) is 11.9. The van der Waals surface area contributed by atoms with Gasteiger partial charge >= 0.3 is 0 Å². The molecule has 0 bridgehead atoms. The first-order valence-corrected chi connectivity index (χ1v) is 8.29. The van der Waals surface area contributed by atoms with Gasteiger partial charge in [0, 0.05) is 17.5 Å². The molecule has 0 fully saturated rings. The molecule has 0 aliphatic heterocycles. The standard InChI is InChI=1S/C12H19N3O2S2/c1-4-10(16)14-9(5-6-18-3)11(17)15-12-13-7-8(2)19-12/h7,9H,4-6H2,1-3H3,(H,14,16)(H,13,15,17). The van der Waals surface area contributed by atoms with Crippen LogP contribution >= 0.6 is 23.1 Å². The molecule has 1 atom stereocenters. The quantitative estimate of drug-likeness (QED) is 0.808. The lowest BCUT2D eigenvalue weighted by molar-refractivity contribution is -0.126. The van der Waals surface area contributed by atoms with E-state index in [0.717, 1.165) is 10.6 Å². The number of aromatic nitrogens is 1. The van der Waals surface area contributed by atoms with Crippen molar-refractivity contribution in [3.63, 3.8) is 0 Å². The number of carbonyl (C=O) groups is 2. The highest BCUT2D eigenvalue weighted by atomic mass is 32.2. The van der Waals surface area contributed by atoms with E-state index >= 15 is 0 Å². The third kappa shape index (κ3) is 5.61. The predicted octanol–water partition coefficient (Wildman–Crippen LogP) is 2.04. The third-order valence-corrected chi connectivity index (χ3v) is 3.91. The van der Waals surface area contributed by atoms with E-state index in [2.05, 4.69) is 15.6 Å². The van der Waals surface area contributed by atoms with Gasteiger partial charge < -0.3 is 10.6 Å². The van der Waals surface area contributed by atoms with Gasteiger partial charge in [-0.15, -0.1) is 11.3 Å². The maximum Gasteiger partial charge on any atom is 0.248 e. The van der Waals surface area contributed by atoms with Crippen LogP contribution in [0.25, 0.3) is 0 Å². The van der Waals surface area contributed by atoms with E-state index in [1.165, 1.54) is 11.3 Å². The highest BCUT2D eigenvalue weighted by Gasteiger charge is 2.20. The Morgan fingerprint density at radius 2 is 2.26 bits per heavy atom. The molecule has 0 saturated heterocycles. The summed E-state index contributed by atoms with van der Waals surface area (Å²) < 4.78 is 0. The maximum absolute atomic E-state index is 12.1. The summed E-state index contributed by atoms with van der Waals surface area (Å²) in [6.07, 6.45) is 4.67. The highest BCUT2D eigenvalue weighted by Crippen LogP contribution is 2.17. The van der Waals surface area contributed by atoms with E-state index < -0.39 is 6.04 Å². The summed E-state index contributed by atoms with van der Waals surface area (Å²) in [5.41, 5.74) is 0. The molecule has 106 valence electrons. The van der Waals surface area contributed by atoms with E-state index in [1.54, 1.807) is 24.9 Å². The number of thioether (sulfide) groups is 1. The Morgan fingerprint density at radius 3 is 2.79 bits per heavy atom. The van der Waals surface area contributed by atoms with Gasteiger partial charge in [-0.2, -0.15) is 11.8 Å². The van der Waals surface area contributed by atoms with Crippen LogP contribution in [0.3, 0.4) is 0 Å². The first-order chi connectivity index (χ1) is 9.06. The summed E-state index contributed by atoms with van der Waals surface area (Å²) in [5, 5.41) is 6.06. The van der Waals surface area contributed by atoms with Crippen LogP contribution in [-0.4, -0.2) is 34.8 Å². The smallest absolute Gasteiger partial charge is 0.248 e. The molecule has 1 rings (SSSR count). The topological polar surface area (TPSA) is 71.1 Å². The molecule has 2 amide bonds. The Bertz CT molecular complexity index is 434. The minimum Gasteiger partial charge on any atom is -0.344 e. The Balaban J connectivity index is 2.61. The zero-order valence-corrected chi connectivity index (χ0v) is 13.0.